The van der Waals surface area contributed by atoms with Crippen molar-refractivity contribution in [3.05, 3.63) is 96.8 Å². The number of para-hydroxylation sites is 1. The van der Waals surface area contributed by atoms with E-state index < -0.39 is 12.1 Å². The highest BCUT2D eigenvalue weighted by Crippen LogP contribution is 2.28. The van der Waals surface area contributed by atoms with Crippen LogP contribution in [0.5, 0.6) is 5.75 Å². The second-order valence-corrected chi connectivity index (χ2v) is 7.65. The minimum atomic E-state index is -0.774. The first-order valence-corrected chi connectivity index (χ1v) is 10.9. The van der Waals surface area contributed by atoms with Gasteiger partial charge in [-0.2, -0.15) is 10.1 Å². The molecule has 174 valence electrons. The minimum Gasteiger partial charge on any atom is -0.497 e. The molecule has 9 nitrogen and oxygen atoms in total. The van der Waals surface area contributed by atoms with E-state index in [4.69, 9.17) is 14.0 Å². The Morgan fingerprint density at radius 1 is 1.00 bits per heavy atom. The van der Waals surface area contributed by atoms with Crippen LogP contribution in [0.2, 0.25) is 0 Å². The molecule has 0 aliphatic heterocycles. The fraction of sp³-hybridized carbons (Fsp3) is 0.115. The lowest BCUT2D eigenvalue weighted by molar-refractivity contribution is 0.0266. The number of carbonyl (C=O) groups excluding carboxylic acids is 1. The summed E-state index contributed by atoms with van der Waals surface area (Å²) in [4.78, 5) is 21.7. The van der Waals surface area contributed by atoms with E-state index >= 15 is 0 Å². The van der Waals surface area contributed by atoms with Crippen LogP contribution in [-0.2, 0) is 4.74 Å². The standard InChI is InChI=1S/C26H21N5O4/c1-17(25-28-24(30-35-25)19-7-6-14-27-15-19)34-26(32)22-16-31(20-8-4-3-5-9-20)29-23(22)18-10-12-21(33-2)13-11-18/h3-17H,1-2H3. The summed E-state index contributed by atoms with van der Waals surface area (Å²) in [6.07, 6.45) is 4.16. The molecular weight excluding hydrogens is 446 g/mol. The highest BCUT2D eigenvalue weighted by atomic mass is 16.6. The molecule has 5 rings (SSSR count). The maximum absolute atomic E-state index is 13.3. The van der Waals surface area contributed by atoms with Crippen molar-refractivity contribution in [2.75, 3.05) is 7.11 Å². The van der Waals surface area contributed by atoms with E-state index in [2.05, 4.69) is 20.2 Å². The molecule has 3 aromatic heterocycles. The van der Waals surface area contributed by atoms with Gasteiger partial charge in [-0.15, -0.1) is 0 Å². The molecule has 9 heteroatoms. The van der Waals surface area contributed by atoms with E-state index in [1.807, 2.05) is 60.7 Å². The molecule has 0 aliphatic rings. The number of rotatable bonds is 7. The molecule has 0 saturated carbocycles. The summed E-state index contributed by atoms with van der Waals surface area (Å²) < 4.78 is 17.9. The van der Waals surface area contributed by atoms with Gasteiger partial charge in [0.1, 0.15) is 17.0 Å². The minimum absolute atomic E-state index is 0.179. The van der Waals surface area contributed by atoms with Gasteiger partial charge in [-0.1, -0.05) is 23.4 Å². The number of nitrogens with zero attached hydrogens (tertiary/aromatic N) is 5. The summed E-state index contributed by atoms with van der Waals surface area (Å²) in [5, 5.41) is 8.63. The Morgan fingerprint density at radius 3 is 2.51 bits per heavy atom. The first-order valence-electron chi connectivity index (χ1n) is 10.9. The maximum atomic E-state index is 13.3. The number of aromatic nitrogens is 5. The molecule has 0 radical (unpaired) electrons. The molecule has 0 saturated heterocycles. The average Bonchev–Trinajstić information content (AvgIpc) is 3.58. The van der Waals surface area contributed by atoms with Crippen molar-refractivity contribution >= 4 is 5.97 Å². The molecular formula is C26H21N5O4. The predicted molar refractivity (Wildman–Crippen MR) is 127 cm³/mol. The lowest BCUT2D eigenvalue weighted by Crippen LogP contribution is -2.10. The monoisotopic (exact) mass is 467 g/mol. The van der Waals surface area contributed by atoms with Crippen molar-refractivity contribution in [1.82, 2.24) is 24.9 Å². The zero-order chi connectivity index (χ0) is 24.2. The molecule has 3 heterocycles. The molecule has 1 unspecified atom stereocenters. The first kappa shape index (κ1) is 22.0. The van der Waals surface area contributed by atoms with Gasteiger partial charge in [0.2, 0.25) is 5.82 Å². The van der Waals surface area contributed by atoms with Crippen molar-refractivity contribution in [2.24, 2.45) is 0 Å². The molecule has 0 fully saturated rings. The van der Waals surface area contributed by atoms with Crippen molar-refractivity contribution < 1.29 is 18.8 Å². The van der Waals surface area contributed by atoms with Gasteiger partial charge in [-0.05, 0) is 55.5 Å². The predicted octanol–water partition coefficient (Wildman–Crippen LogP) is 4.91. The molecule has 0 amide bonds. The summed E-state index contributed by atoms with van der Waals surface area (Å²) >= 11 is 0. The fourth-order valence-corrected chi connectivity index (χ4v) is 3.49. The van der Waals surface area contributed by atoms with Crippen molar-refractivity contribution in [3.63, 3.8) is 0 Å². The van der Waals surface area contributed by atoms with Crippen molar-refractivity contribution in [1.29, 1.82) is 0 Å². The van der Waals surface area contributed by atoms with Crippen LogP contribution in [-0.4, -0.2) is 38.0 Å². The molecule has 2 aromatic carbocycles. The Balaban J connectivity index is 1.44. The second-order valence-electron chi connectivity index (χ2n) is 7.65. The third-order valence-corrected chi connectivity index (χ3v) is 5.31. The molecule has 0 bridgehead atoms. The Labute approximate surface area is 201 Å². The molecule has 0 N–H and O–H groups in total. The van der Waals surface area contributed by atoms with E-state index in [1.54, 1.807) is 43.4 Å². The third-order valence-electron chi connectivity index (χ3n) is 5.31. The van der Waals surface area contributed by atoms with Gasteiger partial charge in [0.05, 0.1) is 12.8 Å². The summed E-state index contributed by atoms with van der Waals surface area (Å²) in [5.41, 5.74) is 3.05. The smallest absolute Gasteiger partial charge is 0.342 e. The fourth-order valence-electron chi connectivity index (χ4n) is 3.49. The number of esters is 1. The van der Waals surface area contributed by atoms with E-state index in [0.29, 0.717) is 28.4 Å². The lowest BCUT2D eigenvalue weighted by atomic mass is 10.1. The zero-order valence-electron chi connectivity index (χ0n) is 19.0. The summed E-state index contributed by atoms with van der Waals surface area (Å²) in [6, 6.07) is 20.4. The third kappa shape index (κ3) is 4.65. The van der Waals surface area contributed by atoms with Gasteiger partial charge in [0.15, 0.2) is 6.10 Å². The lowest BCUT2D eigenvalue weighted by Gasteiger charge is -2.09. The highest BCUT2D eigenvalue weighted by molar-refractivity contribution is 5.96. The van der Waals surface area contributed by atoms with Crippen LogP contribution in [0.1, 0.15) is 29.3 Å². The number of benzene rings is 2. The Kier molecular flexibility index (Phi) is 6.04. The first-order chi connectivity index (χ1) is 17.1. The van der Waals surface area contributed by atoms with Crippen LogP contribution in [0.3, 0.4) is 0 Å². The number of pyridine rings is 1. The van der Waals surface area contributed by atoms with E-state index in [1.165, 1.54) is 0 Å². The van der Waals surface area contributed by atoms with Gasteiger partial charge in [0, 0.05) is 29.7 Å². The van der Waals surface area contributed by atoms with Crippen molar-refractivity contribution in [3.8, 4) is 34.1 Å². The number of hydrogen-bond acceptors (Lipinski definition) is 8. The summed E-state index contributed by atoms with van der Waals surface area (Å²) in [6.45, 7) is 1.67. The van der Waals surface area contributed by atoms with Crippen LogP contribution in [0.4, 0.5) is 0 Å². The Morgan fingerprint density at radius 2 is 1.80 bits per heavy atom. The normalized spacial score (nSPS) is 11.7. The summed E-state index contributed by atoms with van der Waals surface area (Å²) in [5.74, 6) is 0.687. The summed E-state index contributed by atoms with van der Waals surface area (Å²) in [7, 11) is 1.60. The average molecular weight is 467 g/mol. The number of carbonyl (C=O) groups is 1. The number of ether oxygens (including phenoxy) is 2. The van der Waals surface area contributed by atoms with Crippen LogP contribution in [0.25, 0.3) is 28.3 Å². The molecule has 5 aromatic rings. The van der Waals surface area contributed by atoms with E-state index in [9.17, 15) is 4.79 Å². The largest absolute Gasteiger partial charge is 0.497 e. The number of hydrogen-bond donors (Lipinski definition) is 0. The van der Waals surface area contributed by atoms with Gasteiger partial charge >= 0.3 is 5.97 Å². The molecule has 0 aliphatic carbocycles. The highest BCUT2D eigenvalue weighted by Gasteiger charge is 2.25. The van der Waals surface area contributed by atoms with Gasteiger partial charge in [-0.3, -0.25) is 4.98 Å². The number of methoxy groups -OCH3 is 1. The van der Waals surface area contributed by atoms with Gasteiger partial charge in [0.25, 0.3) is 5.89 Å². The Bertz CT molecular complexity index is 1430. The molecule has 1 atom stereocenters. The molecule has 0 spiro atoms. The van der Waals surface area contributed by atoms with Crippen molar-refractivity contribution in [2.45, 2.75) is 13.0 Å². The SMILES string of the molecule is COc1ccc(-c2nn(-c3ccccc3)cc2C(=O)OC(C)c2nc(-c3cccnc3)no2)cc1. The molecule has 35 heavy (non-hydrogen) atoms. The van der Waals surface area contributed by atoms with Gasteiger partial charge in [-0.25, -0.2) is 9.48 Å². The van der Waals surface area contributed by atoms with E-state index in [-0.39, 0.29) is 5.89 Å². The van der Waals surface area contributed by atoms with Crippen LogP contribution >= 0.6 is 0 Å². The Hall–Kier alpha value is -4.79. The van der Waals surface area contributed by atoms with Gasteiger partial charge < -0.3 is 14.0 Å². The quantitative estimate of drug-likeness (QED) is 0.311. The topological polar surface area (TPSA) is 105 Å². The van der Waals surface area contributed by atoms with E-state index in [0.717, 1.165) is 11.3 Å². The van der Waals surface area contributed by atoms with Crippen LogP contribution < -0.4 is 4.74 Å². The van der Waals surface area contributed by atoms with Crippen LogP contribution in [0, 0.1) is 0 Å². The second kappa shape index (κ2) is 9.60. The van der Waals surface area contributed by atoms with Crippen LogP contribution in [0.15, 0.2) is 89.8 Å². The maximum Gasteiger partial charge on any atom is 0.342 e. The zero-order valence-corrected chi connectivity index (χ0v) is 19.0.